The average molecular weight is 404 g/mol. The molecule has 144 valence electrons. The first-order valence-corrected chi connectivity index (χ1v) is 10.2. The Labute approximate surface area is 171 Å². The summed E-state index contributed by atoms with van der Waals surface area (Å²) >= 11 is 1.46. The molecule has 7 heteroatoms. The van der Waals surface area contributed by atoms with Crippen molar-refractivity contribution in [3.05, 3.63) is 65.9 Å². The Morgan fingerprint density at radius 3 is 2.93 bits per heavy atom. The highest BCUT2D eigenvalue weighted by Crippen LogP contribution is 2.35. The molecule has 0 unspecified atom stereocenters. The molecule has 0 fully saturated rings. The molecule has 2 aromatic heterocycles. The first-order chi connectivity index (χ1) is 14.2. The monoisotopic (exact) mass is 404 g/mol. The number of rotatable bonds is 3. The van der Waals surface area contributed by atoms with Gasteiger partial charge in [-0.2, -0.15) is 0 Å². The van der Waals surface area contributed by atoms with Gasteiger partial charge in [0, 0.05) is 36.3 Å². The Kier molecular flexibility index (Phi) is 4.52. The van der Waals surface area contributed by atoms with Gasteiger partial charge < -0.3 is 4.90 Å². The Balaban J connectivity index is 1.47. The Morgan fingerprint density at radius 2 is 2.07 bits per heavy atom. The Morgan fingerprint density at radius 1 is 1.14 bits per heavy atom. The van der Waals surface area contributed by atoms with Gasteiger partial charge in [0.2, 0.25) is 0 Å². The highest BCUT2D eigenvalue weighted by atomic mass is 32.1. The van der Waals surface area contributed by atoms with E-state index < -0.39 is 0 Å². The van der Waals surface area contributed by atoms with E-state index in [4.69, 9.17) is 0 Å². The molecule has 29 heavy (non-hydrogen) atoms. The number of aliphatic imine (C=N–C) groups is 1. The zero-order valence-corrected chi connectivity index (χ0v) is 16.3. The number of pyridine rings is 1. The molecule has 1 aliphatic heterocycles. The van der Waals surface area contributed by atoms with Crippen LogP contribution in [0.4, 0.5) is 10.1 Å². The molecule has 0 atom stereocenters. The van der Waals surface area contributed by atoms with Gasteiger partial charge in [0.25, 0.3) is 0 Å². The van der Waals surface area contributed by atoms with E-state index in [2.05, 4.69) is 15.0 Å². The minimum Gasteiger partial charge on any atom is -0.328 e. The molecule has 0 amide bonds. The second-order valence-corrected chi connectivity index (χ2v) is 8.01. The quantitative estimate of drug-likeness (QED) is 0.624. The highest BCUT2D eigenvalue weighted by molar-refractivity contribution is 7.18. The van der Waals surface area contributed by atoms with Crippen LogP contribution in [0, 0.1) is 5.82 Å². The van der Waals surface area contributed by atoms with E-state index in [-0.39, 0.29) is 11.6 Å². The van der Waals surface area contributed by atoms with E-state index in [0.717, 1.165) is 50.9 Å². The standard InChI is InChI=1S/C22H17FN4OS/c23-15-9-14(10-16(11-15)27-8-2-7-24-13-27)21-12-25-22(29-21)19-6-5-17-18(26-19)3-1-4-20(17)28/h2,5-12H,1,3-4,13H2. The molecule has 0 spiro atoms. The number of aryl methyl sites for hydroxylation is 1. The van der Waals surface area contributed by atoms with E-state index in [1.54, 1.807) is 12.4 Å². The average Bonchev–Trinajstić information content (AvgIpc) is 3.24. The Bertz CT molecular complexity index is 1170. The first kappa shape index (κ1) is 17.9. The largest absolute Gasteiger partial charge is 0.328 e. The van der Waals surface area contributed by atoms with Gasteiger partial charge in [-0.25, -0.2) is 14.4 Å². The van der Waals surface area contributed by atoms with Crippen LogP contribution in [0.5, 0.6) is 0 Å². The third-order valence-corrected chi connectivity index (χ3v) is 6.08. The summed E-state index contributed by atoms with van der Waals surface area (Å²) < 4.78 is 14.3. The number of hydrogen-bond acceptors (Lipinski definition) is 6. The Hall–Kier alpha value is -3.19. The molecule has 3 aromatic rings. The van der Waals surface area contributed by atoms with Crippen LogP contribution >= 0.6 is 11.3 Å². The SMILES string of the molecule is O=C1CCCc2nc(-c3ncc(-c4cc(F)cc(N5C=CC=NC5)c4)s3)ccc21. The number of benzene rings is 1. The van der Waals surface area contributed by atoms with Crippen molar-refractivity contribution in [2.45, 2.75) is 19.3 Å². The fourth-order valence-electron chi connectivity index (χ4n) is 3.58. The summed E-state index contributed by atoms with van der Waals surface area (Å²) in [6, 6.07) is 8.64. The number of carbonyl (C=O) groups excluding carboxylic acids is 1. The molecule has 1 aliphatic carbocycles. The van der Waals surface area contributed by atoms with Gasteiger partial charge in [0.1, 0.15) is 17.5 Å². The van der Waals surface area contributed by atoms with Gasteiger partial charge in [-0.15, -0.1) is 11.3 Å². The molecule has 2 aliphatic rings. The molecule has 0 bridgehead atoms. The van der Waals surface area contributed by atoms with Gasteiger partial charge >= 0.3 is 0 Å². The predicted octanol–water partition coefficient (Wildman–Crippen LogP) is 4.89. The summed E-state index contributed by atoms with van der Waals surface area (Å²) in [6.45, 7) is 0.463. The number of carbonyl (C=O) groups is 1. The van der Waals surface area contributed by atoms with Crippen molar-refractivity contribution in [1.29, 1.82) is 0 Å². The zero-order chi connectivity index (χ0) is 19.8. The van der Waals surface area contributed by atoms with Crippen molar-refractivity contribution >= 4 is 29.0 Å². The lowest BCUT2D eigenvalue weighted by Crippen LogP contribution is -2.18. The van der Waals surface area contributed by atoms with Crippen molar-refractivity contribution in [3.63, 3.8) is 0 Å². The fraction of sp³-hybridized carbons (Fsp3) is 0.182. The number of aromatic nitrogens is 2. The lowest BCUT2D eigenvalue weighted by molar-refractivity contribution is 0.0971. The minimum atomic E-state index is -0.305. The van der Waals surface area contributed by atoms with E-state index in [1.165, 1.54) is 23.5 Å². The predicted molar refractivity (Wildman–Crippen MR) is 113 cm³/mol. The maximum absolute atomic E-state index is 14.3. The van der Waals surface area contributed by atoms with Crippen LogP contribution in [-0.2, 0) is 6.42 Å². The molecular formula is C22H17FN4OS. The van der Waals surface area contributed by atoms with E-state index in [9.17, 15) is 9.18 Å². The van der Waals surface area contributed by atoms with E-state index >= 15 is 0 Å². The first-order valence-electron chi connectivity index (χ1n) is 9.41. The molecule has 0 saturated carbocycles. The number of hydrogen-bond donors (Lipinski definition) is 0. The summed E-state index contributed by atoms with van der Waals surface area (Å²) in [5.74, 6) is -0.144. The second kappa shape index (κ2) is 7.33. The summed E-state index contributed by atoms with van der Waals surface area (Å²) in [5, 5.41) is 0.758. The summed E-state index contributed by atoms with van der Waals surface area (Å²) in [4.78, 5) is 28.1. The zero-order valence-electron chi connectivity index (χ0n) is 15.5. The lowest BCUT2D eigenvalue weighted by atomic mass is 9.94. The van der Waals surface area contributed by atoms with Crippen LogP contribution in [0.15, 0.2) is 53.8 Å². The number of ketones is 1. The summed E-state index contributed by atoms with van der Waals surface area (Å²) in [7, 11) is 0. The number of halogens is 1. The third-order valence-electron chi connectivity index (χ3n) is 5.01. The number of fused-ring (bicyclic) bond motifs is 1. The molecule has 1 aromatic carbocycles. The molecular weight excluding hydrogens is 387 g/mol. The van der Waals surface area contributed by atoms with Gasteiger partial charge in [0.15, 0.2) is 5.78 Å². The highest BCUT2D eigenvalue weighted by Gasteiger charge is 2.20. The third kappa shape index (κ3) is 3.49. The molecule has 3 heterocycles. The van der Waals surface area contributed by atoms with Gasteiger partial charge in [-0.3, -0.25) is 9.79 Å². The van der Waals surface area contributed by atoms with E-state index in [1.807, 2.05) is 35.4 Å². The maximum atomic E-state index is 14.3. The van der Waals surface area contributed by atoms with Crippen LogP contribution in [0.3, 0.4) is 0 Å². The number of thiazole rings is 1. The van der Waals surface area contributed by atoms with Crippen LogP contribution in [0.1, 0.15) is 28.9 Å². The van der Waals surface area contributed by atoms with Crippen molar-refractivity contribution in [3.8, 4) is 21.1 Å². The van der Waals surface area contributed by atoms with Gasteiger partial charge in [-0.05, 0) is 54.8 Å². The molecule has 0 N–H and O–H groups in total. The number of anilines is 1. The smallest absolute Gasteiger partial charge is 0.164 e. The van der Waals surface area contributed by atoms with Crippen molar-refractivity contribution in [2.24, 2.45) is 4.99 Å². The summed E-state index contributed by atoms with van der Waals surface area (Å²) in [5.41, 5.74) is 3.83. The van der Waals surface area contributed by atoms with Gasteiger partial charge in [0.05, 0.1) is 16.3 Å². The molecule has 0 radical (unpaired) electrons. The minimum absolute atomic E-state index is 0.161. The van der Waals surface area contributed by atoms with Crippen LogP contribution < -0.4 is 4.90 Å². The molecule has 5 rings (SSSR count). The summed E-state index contributed by atoms with van der Waals surface area (Å²) in [6.07, 6.45) is 9.42. The van der Waals surface area contributed by atoms with Crippen LogP contribution in [-0.4, -0.2) is 28.6 Å². The lowest BCUT2D eigenvalue weighted by Gasteiger charge is -2.20. The molecule has 5 nitrogen and oxygen atoms in total. The van der Waals surface area contributed by atoms with Crippen LogP contribution in [0.2, 0.25) is 0 Å². The second-order valence-electron chi connectivity index (χ2n) is 6.98. The number of allylic oxidation sites excluding steroid dienone is 1. The maximum Gasteiger partial charge on any atom is 0.164 e. The van der Waals surface area contributed by atoms with Gasteiger partial charge in [-0.1, -0.05) is 0 Å². The van der Waals surface area contributed by atoms with Crippen LogP contribution in [0.25, 0.3) is 21.1 Å². The fourth-order valence-corrected chi connectivity index (χ4v) is 4.45. The number of nitrogens with zero attached hydrogens (tertiary/aromatic N) is 4. The number of Topliss-reactive ketones (excluding diaryl/α,β-unsaturated/α-hetero) is 1. The molecule has 0 saturated heterocycles. The van der Waals surface area contributed by atoms with E-state index in [0.29, 0.717) is 13.1 Å². The normalized spacial score (nSPS) is 15.6. The van der Waals surface area contributed by atoms with Crippen molar-refractivity contribution in [1.82, 2.24) is 9.97 Å². The van der Waals surface area contributed by atoms with Crippen molar-refractivity contribution < 1.29 is 9.18 Å². The van der Waals surface area contributed by atoms with Crippen molar-refractivity contribution in [2.75, 3.05) is 11.6 Å². The topological polar surface area (TPSA) is 58.5 Å².